The summed E-state index contributed by atoms with van der Waals surface area (Å²) in [6.45, 7) is 0. The van der Waals surface area contributed by atoms with Crippen molar-refractivity contribution in [1.82, 2.24) is 4.90 Å². The Morgan fingerprint density at radius 3 is 2.73 bits per heavy atom. The number of halogens is 1. The number of hydrogen-bond acceptors (Lipinski definition) is 2. The fourth-order valence-corrected chi connectivity index (χ4v) is 1.12. The molecule has 15 heavy (non-hydrogen) atoms. The second-order valence-electron chi connectivity index (χ2n) is 3.13. The van der Waals surface area contributed by atoms with E-state index in [2.05, 4.69) is 5.32 Å². The molecule has 0 fully saturated rings. The number of benzene rings is 1. The Bertz CT molecular complexity index is 423. The molecule has 0 saturated heterocycles. The van der Waals surface area contributed by atoms with Gasteiger partial charge in [-0.05, 0) is 18.2 Å². The standard InChI is InChI=1S/C10H10ClN3O/c1-14(2)10(15)13-9-4-3-8(11)5-7(9)6-12/h3-5H,1-2H3,(H,13,15). The van der Waals surface area contributed by atoms with Crippen LogP contribution in [0.2, 0.25) is 5.02 Å². The van der Waals surface area contributed by atoms with E-state index in [0.717, 1.165) is 0 Å². The van der Waals surface area contributed by atoms with Crippen LogP contribution >= 0.6 is 11.6 Å². The molecule has 0 aliphatic heterocycles. The summed E-state index contributed by atoms with van der Waals surface area (Å²) in [5.41, 5.74) is 0.804. The molecule has 0 saturated carbocycles. The molecule has 0 spiro atoms. The molecule has 78 valence electrons. The molecule has 0 aliphatic carbocycles. The largest absolute Gasteiger partial charge is 0.331 e. The van der Waals surface area contributed by atoms with Crippen LogP contribution < -0.4 is 5.32 Å². The normalized spacial score (nSPS) is 9.20. The SMILES string of the molecule is CN(C)C(=O)Nc1ccc(Cl)cc1C#N. The summed E-state index contributed by atoms with van der Waals surface area (Å²) in [6, 6.07) is 6.40. The van der Waals surface area contributed by atoms with Crippen molar-refractivity contribution in [2.45, 2.75) is 0 Å². The third-order valence-corrected chi connectivity index (χ3v) is 1.98. The molecule has 5 heteroatoms. The second kappa shape index (κ2) is 4.67. The molecule has 0 heterocycles. The van der Waals surface area contributed by atoms with Gasteiger partial charge in [-0.15, -0.1) is 0 Å². The highest BCUT2D eigenvalue weighted by atomic mass is 35.5. The fraction of sp³-hybridized carbons (Fsp3) is 0.200. The van der Waals surface area contributed by atoms with Gasteiger partial charge in [0, 0.05) is 19.1 Å². The van der Waals surface area contributed by atoms with Gasteiger partial charge in [-0.1, -0.05) is 11.6 Å². The number of hydrogen-bond donors (Lipinski definition) is 1. The van der Waals surface area contributed by atoms with Gasteiger partial charge in [-0.3, -0.25) is 0 Å². The van der Waals surface area contributed by atoms with E-state index in [1.165, 1.54) is 11.0 Å². The fourth-order valence-electron chi connectivity index (χ4n) is 0.945. The number of amides is 2. The summed E-state index contributed by atoms with van der Waals surface area (Å²) < 4.78 is 0. The van der Waals surface area contributed by atoms with E-state index in [1.807, 2.05) is 6.07 Å². The summed E-state index contributed by atoms with van der Waals surface area (Å²) >= 11 is 5.72. The summed E-state index contributed by atoms with van der Waals surface area (Å²) in [5, 5.41) is 11.9. The number of urea groups is 1. The summed E-state index contributed by atoms with van der Waals surface area (Å²) in [6.07, 6.45) is 0. The van der Waals surface area contributed by atoms with Gasteiger partial charge < -0.3 is 10.2 Å². The second-order valence-corrected chi connectivity index (χ2v) is 3.56. The molecule has 1 N–H and O–H groups in total. The minimum atomic E-state index is -0.283. The predicted octanol–water partition coefficient (Wildman–Crippen LogP) is 2.31. The lowest BCUT2D eigenvalue weighted by atomic mass is 10.2. The first-order valence-corrected chi connectivity index (χ1v) is 4.60. The number of nitriles is 1. The van der Waals surface area contributed by atoms with Crippen LogP contribution in [0, 0.1) is 11.3 Å². The molecule has 1 rings (SSSR count). The highest BCUT2D eigenvalue weighted by molar-refractivity contribution is 6.30. The van der Waals surface area contributed by atoms with Crippen molar-refractivity contribution in [3.8, 4) is 6.07 Å². The summed E-state index contributed by atoms with van der Waals surface area (Å²) in [5.74, 6) is 0. The molecular weight excluding hydrogens is 214 g/mol. The predicted molar refractivity (Wildman–Crippen MR) is 58.9 cm³/mol. The number of carbonyl (C=O) groups is 1. The van der Waals surface area contributed by atoms with E-state index < -0.39 is 0 Å². The molecule has 1 aromatic carbocycles. The van der Waals surface area contributed by atoms with Gasteiger partial charge in [-0.2, -0.15) is 5.26 Å². The number of rotatable bonds is 1. The first-order chi connectivity index (χ1) is 7.04. The van der Waals surface area contributed by atoms with E-state index >= 15 is 0 Å². The maximum Gasteiger partial charge on any atom is 0.321 e. The molecular formula is C10H10ClN3O. The zero-order chi connectivity index (χ0) is 11.4. The number of nitrogens with one attached hydrogen (secondary N) is 1. The first kappa shape index (κ1) is 11.3. The maximum absolute atomic E-state index is 11.3. The van der Waals surface area contributed by atoms with Crippen LogP contribution in [-0.4, -0.2) is 25.0 Å². The Labute approximate surface area is 93.1 Å². The average molecular weight is 224 g/mol. The topological polar surface area (TPSA) is 56.1 Å². The zero-order valence-electron chi connectivity index (χ0n) is 8.41. The monoisotopic (exact) mass is 223 g/mol. The molecule has 2 amide bonds. The molecule has 0 bridgehead atoms. The molecule has 0 unspecified atom stereocenters. The Morgan fingerprint density at radius 2 is 2.20 bits per heavy atom. The lowest BCUT2D eigenvalue weighted by Crippen LogP contribution is -2.27. The van der Waals surface area contributed by atoms with Gasteiger partial charge >= 0.3 is 6.03 Å². The van der Waals surface area contributed by atoms with Gasteiger partial charge in [0.25, 0.3) is 0 Å². The number of nitrogens with zero attached hydrogens (tertiary/aromatic N) is 2. The Kier molecular flexibility index (Phi) is 3.53. The van der Waals surface area contributed by atoms with Crippen molar-refractivity contribution in [3.63, 3.8) is 0 Å². The van der Waals surface area contributed by atoms with Crippen molar-refractivity contribution in [2.24, 2.45) is 0 Å². The van der Waals surface area contributed by atoms with Crippen molar-refractivity contribution < 1.29 is 4.79 Å². The third-order valence-electron chi connectivity index (χ3n) is 1.75. The minimum absolute atomic E-state index is 0.283. The first-order valence-electron chi connectivity index (χ1n) is 4.22. The lowest BCUT2D eigenvalue weighted by Gasteiger charge is -2.12. The number of anilines is 1. The summed E-state index contributed by atoms with van der Waals surface area (Å²) in [4.78, 5) is 12.7. The van der Waals surface area contributed by atoms with Gasteiger partial charge in [0.05, 0.1) is 11.3 Å². The van der Waals surface area contributed by atoms with E-state index in [-0.39, 0.29) is 6.03 Å². The zero-order valence-corrected chi connectivity index (χ0v) is 9.17. The van der Waals surface area contributed by atoms with Crippen molar-refractivity contribution >= 4 is 23.3 Å². The van der Waals surface area contributed by atoms with E-state index in [4.69, 9.17) is 16.9 Å². The van der Waals surface area contributed by atoms with Crippen LogP contribution in [0.5, 0.6) is 0 Å². The maximum atomic E-state index is 11.3. The smallest absolute Gasteiger partial charge is 0.321 e. The molecule has 0 atom stereocenters. The molecule has 0 aliphatic rings. The molecule has 4 nitrogen and oxygen atoms in total. The van der Waals surface area contributed by atoms with Gasteiger partial charge in [0.15, 0.2) is 0 Å². The van der Waals surface area contributed by atoms with Gasteiger partial charge in [0.2, 0.25) is 0 Å². The summed E-state index contributed by atoms with van der Waals surface area (Å²) in [7, 11) is 3.24. The van der Waals surface area contributed by atoms with Gasteiger partial charge in [0.1, 0.15) is 6.07 Å². The Hall–Kier alpha value is -1.73. The van der Waals surface area contributed by atoms with Crippen LogP contribution in [0.1, 0.15) is 5.56 Å². The van der Waals surface area contributed by atoms with E-state index in [0.29, 0.717) is 16.3 Å². The molecule has 0 aromatic heterocycles. The van der Waals surface area contributed by atoms with Crippen LogP contribution in [-0.2, 0) is 0 Å². The van der Waals surface area contributed by atoms with Crippen LogP contribution in [0.4, 0.5) is 10.5 Å². The quantitative estimate of drug-likeness (QED) is 0.794. The molecule has 0 radical (unpaired) electrons. The van der Waals surface area contributed by atoms with Gasteiger partial charge in [-0.25, -0.2) is 4.79 Å². The third kappa shape index (κ3) is 2.86. The number of carbonyl (C=O) groups excluding carboxylic acids is 1. The van der Waals surface area contributed by atoms with E-state index in [1.54, 1.807) is 26.2 Å². The highest BCUT2D eigenvalue weighted by Gasteiger charge is 2.08. The van der Waals surface area contributed by atoms with Crippen LogP contribution in [0.15, 0.2) is 18.2 Å². The average Bonchev–Trinajstić information content (AvgIpc) is 2.20. The minimum Gasteiger partial charge on any atom is -0.331 e. The van der Waals surface area contributed by atoms with E-state index in [9.17, 15) is 4.79 Å². The Morgan fingerprint density at radius 1 is 1.53 bits per heavy atom. The van der Waals surface area contributed by atoms with Crippen molar-refractivity contribution in [2.75, 3.05) is 19.4 Å². The van der Waals surface area contributed by atoms with Crippen molar-refractivity contribution in [3.05, 3.63) is 28.8 Å². The molecule has 1 aromatic rings. The lowest BCUT2D eigenvalue weighted by molar-refractivity contribution is 0.230. The van der Waals surface area contributed by atoms with Crippen LogP contribution in [0.25, 0.3) is 0 Å². The Balaban J connectivity index is 2.96. The van der Waals surface area contributed by atoms with Crippen molar-refractivity contribution in [1.29, 1.82) is 5.26 Å². The highest BCUT2D eigenvalue weighted by Crippen LogP contribution is 2.19. The van der Waals surface area contributed by atoms with Crippen LogP contribution in [0.3, 0.4) is 0 Å².